The molecular weight excluding hydrogens is 1270 g/mol. The van der Waals surface area contributed by atoms with Gasteiger partial charge in [-0.05, 0) is 214 Å². The van der Waals surface area contributed by atoms with E-state index in [1.807, 2.05) is 0 Å². The van der Waals surface area contributed by atoms with Crippen LogP contribution in [0.3, 0.4) is 0 Å². The first-order valence-electron chi connectivity index (χ1n) is 38.5. The number of hydrogen-bond acceptors (Lipinski definition) is 4. The van der Waals surface area contributed by atoms with Gasteiger partial charge in [0, 0.05) is 66.6 Å². The van der Waals surface area contributed by atoms with Crippen LogP contribution in [0, 0.1) is 93.9 Å². The number of rotatable bonds is 11. The lowest BCUT2D eigenvalue weighted by Gasteiger charge is -2.57. The van der Waals surface area contributed by atoms with Gasteiger partial charge in [-0.3, -0.25) is 0 Å². The summed E-state index contributed by atoms with van der Waals surface area (Å²) in [6.45, 7) is 44.5. The van der Waals surface area contributed by atoms with Gasteiger partial charge >= 0.3 is 0 Å². The Morgan fingerprint density at radius 3 is 1.12 bits per heavy atom. The second kappa shape index (κ2) is 29.4. The minimum atomic E-state index is -0.133. The number of benzene rings is 9. The molecule has 0 saturated heterocycles. The van der Waals surface area contributed by atoms with Crippen LogP contribution < -0.4 is 18.9 Å². The van der Waals surface area contributed by atoms with E-state index in [2.05, 4.69) is 332 Å². The number of fused-ring (bicyclic) bond motifs is 4. The van der Waals surface area contributed by atoms with E-state index >= 15 is 0 Å². The highest BCUT2D eigenvalue weighted by atomic mass is 16.5. The number of ether oxygens (including phenoxy) is 4. The van der Waals surface area contributed by atoms with Crippen molar-refractivity contribution in [1.82, 2.24) is 0 Å². The van der Waals surface area contributed by atoms with Crippen LogP contribution in [-0.2, 0) is 21.7 Å². The molecule has 0 radical (unpaired) electrons. The minimum Gasteiger partial charge on any atom is -0.435 e. The summed E-state index contributed by atoms with van der Waals surface area (Å²) in [7, 11) is 0. The average Bonchev–Trinajstić information content (AvgIpc) is 0.722. The van der Waals surface area contributed by atoms with Crippen molar-refractivity contribution < 1.29 is 37.2 Å². The van der Waals surface area contributed by atoms with Crippen molar-refractivity contribution in [3.8, 4) is 23.0 Å². The highest BCUT2D eigenvalue weighted by Crippen LogP contribution is 2.62. The number of nitrogens with zero attached hydrogens (tertiary/aromatic N) is 4. The maximum atomic E-state index is 6.57. The molecule has 0 aromatic heterocycles. The van der Waals surface area contributed by atoms with Crippen molar-refractivity contribution in [1.29, 1.82) is 0 Å². The molecule has 4 heterocycles. The third kappa shape index (κ3) is 14.6. The lowest BCUT2D eigenvalue weighted by Crippen LogP contribution is -2.49. The zero-order valence-corrected chi connectivity index (χ0v) is 66.0. The molecule has 0 amide bonds. The fourth-order valence-electron chi connectivity index (χ4n) is 18.5. The van der Waals surface area contributed by atoms with E-state index in [1.165, 1.54) is 167 Å². The Balaban J connectivity index is 0.000000125. The van der Waals surface area contributed by atoms with Crippen LogP contribution in [0.2, 0.25) is 0 Å². The Morgan fingerprint density at radius 1 is 0.337 bits per heavy atom. The van der Waals surface area contributed by atoms with Gasteiger partial charge in [-0.1, -0.05) is 189 Å². The summed E-state index contributed by atoms with van der Waals surface area (Å²) in [6.07, 6.45) is 19.9. The van der Waals surface area contributed by atoms with Gasteiger partial charge in [-0.15, -0.1) is 0 Å². The zero-order chi connectivity index (χ0) is 73.7. The molecule has 8 aliphatic rings. The summed E-state index contributed by atoms with van der Waals surface area (Å²) >= 11 is 0. The Morgan fingerprint density at radius 2 is 0.692 bits per heavy atom. The maximum absolute atomic E-state index is 6.57. The lowest BCUT2D eigenvalue weighted by molar-refractivity contribution is -0.477. The topological polar surface area (TPSA) is 49.0 Å². The van der Waals surface area contributed by atoms with E-state index in [0.717, 1.165) is 59.0 Å². The van der Waals surface area contributed by atoms with E-state index < -0.39 is 0 Å². The first kappa shape index (κ1) is 73.2. The van der Waals surface area contributed by atoms with E-state index in [9.17, 15) is 0 Å². The van der Waals surface area contributed by atoms with Gasteiger partial charge in [0.15, 0.2) is 24.9 Å². The van der Waals surface area contributed by atoms with E-state index in [4.69, 9.17) is 18.9 Å². The average molecular weight is 1390 g/mol. The third-order valence-electron chi connectivity index (χ3n) is 24.4. The third-order valence-corrected chi connectivity index (χ3v) is 24.4. The number of para-hydroxylation sites is 5. The van der Waals surface area contributed by atoms with Gasteiger partial charge in [-0.25, -0.2) is 0 Å². The van der Waals surface area contributed by atoms with Crippen LogP contribution in [-0.4, -0.2) is 70.1 Å². The molecule has 4 aliphatic carbocycles. The smallest absolute Gasteiger partial charge is 0.292 e. The molecule has 17 rings (SSSR count). The molecule has 8 heteroatoms. The largest absolute Gasteiger partial charge is 0.435 e. The van der Waals surface area contributed by atoms with Crippen molar-refractivity contribution in [2.75, 3.05) is 26.9 Å². The quantitative estimate of drug-likeness (QED) is 0.121. The molecule has 0 unspecified atom stereocenters. The van der Waals surface area contributed by atoms with Crippen LogP contribution in [0.5, 0.6) is 23.0 Å². The standard InChI is InChI=1S/C27H32NO.C26H28NO.C26H36NO.C17H18NO/c1-17-7-23-15-28(25-18(2)5-4-6-19(25)3)16-29-26(23)24(8-17)27-12-20-9-21(13-27)11-22(10-20)14-27;1-18-14-21-16-27(24-19(2)10-9-11-20(24)3)17-28-25(21)23(15-18)26(4,5)22-12-7-6-8-13-22;1-9-25(5,6)21-14-20-16-27(23-18(3)12-11-13-19(23)4)17-28-24(20)22(15-21)26(7,8)10-2;1-12-6-4-7-13(2)16(12)18-10-15-9-5-8-14(3)17(15)19-11-18/h4-8,15,20-22H,9-14,16H2,1-3H3;6-16H,17H2,1-5H3;11-16H,9-10,17H2,1-8H3;4-10H,11H2,1-3H3/q4*+1. The highest BCUT2D eigenvalue weighted by Gasteiger charge is 2.53. The first-order chi connectivity index (χ1) is 49.6. The van der Waals surface area contributed by atoms with Crippen molar-refractivity contribution in [2.24, 2.45) is 17.8 Å². The van der Waals surface area contributed by atoms with Crippen LogP contribution in [0.1, 0.15) is 218 Å². The number of aryl methyl sites for hydroxylation is 11. The Kier molecular flexibility index (Phi) is 20.7. The molecule has 4 fully saturated rings. The highest BCUT2D eigenvalue weighted by molar-refractivity contribution is 5.86. The fraction of sp³-hybridized carbons (Fsp3) is 0.396. The molecule has 9 aromatic carbocycles. The Labute approximate surface area is 622 Å². The predicted octanol–water partition coefficient (Wildman–Crippen LogP) is 22.8. The van der Waals surface area contributed by atoms with E-state index in [0.29, 0.717) is 32.3 Å². The molecule has 0 spiro atoms. The molecule has 104 heavy (non-hydrogen) atoms. The number of hydrogen-bond donors (Lipinski definition) is 0. The normalized spacial score (nSPS) is 18.9. The molecule has 4 saturated carbocycles. The van der Waals surface area contributed by atoms with E-state index in [-0.39, 0.29) is 16.2 Å². The van der Waals surface area contributed by atoms with Crippen molar-refractivity contribution in [2.45, 2.75) is 205 Å². The summed E-state index contributed by atoms with van der Waals surface area (Å²) in [6, 6.07) is 56.8. The summed E-state index contributed by atoms with van der Waals surface area (Å²) < 4.78 is 34.3. The van der Waals surface area contributed by atoms with Crippen LogP contribution in [0.25, 0.3) is 0 Å². The summed E-state index contributed by atoms with van der Waals surface area (Å²) in [5.74, 6) is 7.11. The van der Waals surface area contributed by atoms with Gasteiger partial charge in [0.25, 0.3) is 26.9 Å². The molecule has 4 aliphatic heterocycles. The van der Waals surface area contributed by atoms with Gasteiger partial charge in [0.2, 0.25) is 22.7 Å². The van der Waals surface area contributed by atoms with E-state index in [1.54, 1.807) is 0 Å². The van der Waals surface area contributed by atoms with Gasteiger partial charge in [-0.2, -0.15) is 18.3 Å². The van der Waals surface area contributed by atoms with Gasteiger partial charge in [0.05, 0.1) is 22.3 Å². The second-order valence-corrected chi connectivity index (χ2v) is 33.5. The minimum absolute atomic E-state index is 0.0819. The van der Waals surface area contributed by atoms with Crippen molar-refractivity contribution in [3.05, 3.63) is 269 Å². The van der Waals surface area contributed by atoms with Gasteiger partial charge < -0.3 is 18.9 Å². The Hall–Kier alpha value is -9.14. The summed E-state index contributed by atoms with van der Waals surface area (Å²) in [4.78, 5) is 0. The van der Waals surface area contributed by atoms with Crippen molar-refractivity contribution >= 4 is 47.6 Å². The van der Waals surface area contributed by atoms with Crippen LogP contribution in [0.4, 0.5) is 22.7 Å². The van der Waals surface area contributed by atoms with Crippen LogP contribution >= 0.6 is 0 Å². The zero-order valence-electron chi connectivity index (χ0n) is 66.0. The predicted molar refractivity (Wildman–Crippen MR) is 431 cm³/mol. The Bertz CT molecular complexity index is 4780. The van der Waals surface area contributed by atoms with Gasteiger partial charge in [0.1, 0.15) is 23.0 Å². The maximum Gasteiger partial charge on any atom is 0.292 e. The fourth-order valence-corrected chi connectivity index (χ4v) is 18.5. The summed E-state index contributed by atoms with van der Waals surface area (Å²) in [5, 5.41) is 0. The molecular formula is C96H114N4O4+4. The second-order valence-electron chi connectivity index (χ2n) is 33.5. The molecule has 8 nitrogen and oxygen atoms in total. The van der Waals surface area contributed by atoms with Crippen LogP contribution in [0.15, 0.2) is 158 Å². The molecule has 4 bridgehead atoms. The molecule has 9 aromatic rings. The molecule has 538 valence electrons. The molecule has 0 atom stereocenters. The molecule has 0 N–H and O–H groups in total. The SMILES string of the molecule is CCC(C)(C)c1cc2c(c(C(C)(C)CC)c1)OC[N+](c1c(C)cccc1C)=C2.Cc1cc2c(c(C(C)(C)c3ccccc3)c1)OC[N+](c1c(C)cccc1C)=C2.Cc1cc2c(c(C34CC5CC(CC(C5)C3)C4)c1)OC[N+](c1c(C)cccc1C)=C2.Cc1cccc2c1OC[N+](c1c(C)cccc1C)=C2. The summed E-state index contributed by atoms with van der Waals surface area (Å²) in [5.41, 5.74) is 31.1. The van der Waals surface area contributed by atoms with Crippen molar-refractivity contribution in [3.63, 3.8) is 0 Å². The lowest BCUT2D eigenvalue weighted by atomic mass is 9.48. The monoisotopic (exact) mass is 1390 g/mol. The first-order valence-corrected chi connectivity index (χ1v) is 38.5.